The Bertz CT molecular complexity index is 1260. The second kappa shape index (κ2) is 7.26. The van der Waals surface area contributed by atoms with Gasteiger partial charge < -0.3 is 4.90 Å². The van der Waals surface area contributed by atoms with E-state index in [1.54, 1.807) is 12.4 Å². The summed E-state index contributed by atoms with van der Waals surface area (Å²) in [7, 11) is 0. The molecule has 4 aromatic rings. The highest BCUT2D eigenvalue weighted by Crippen LogP contribution is 2.38. The fourth-order valence-electron chi connectivity index (χ4n) is 4.25. The molecule has 0 fully saturated rings. The van der Waals surface area contributed by atoms with E-state index in [2.05, 4.69) is 52.6 Å². The van der Waals surface area contributed by atoms with Crippen molar-refractivity contribution in [1.82, 2.24) is 19.7 Å². The molecular formula is C25H22N4O. The molecule has 5 nitrogen and oxygen atoms in total. The summed E-state index contributed by atoms with van der Waals surface area (Å²) in [6.45, 7) is 6.87. The molecule has 0 spiro atoms. The highest BCUT2D eigenvalue weighted by molar-refractivity contribution is 5.91. The van der Waals surface area contributed by atoms with Crippen LogP contribution in [0, 0.1) is 0 Å². The Kier molecular flexibility index (Phi) is 4.43. The summed E-state index contributed by atoms with van der Waals surface area (Å²) in [6, 6.07) is 18.8. The van der Waals surface area contributed by atoms with Crippen molar-refractivity contribution in [2.24, 2.45) is 0 Å². The highest BCUT2D eigenvalue weighted by Gasteiger charge is 2.31. The molecule has 0 saturated carbocycles. The lowest BCUT2D eigenvalue weighted by Crippen LogP contribution is -2.44. The van der Waals surface area contributed by atoms with Crippen molar-refractivity contribution in [1.29, 1.82) is 0 Å². The molecule has 3 heterocycles. The number of fused-ring (bicyclic) bond motifs is 2. The Labute approximate surface area is 175 Å². The van der Waals surface area contributed by atoms with E-state index >= 15 is 0 Å². The third kappa shape index (κ3) is 2.99. The third-order valence-corrected chi connectivity index (χ3v) is 5.80. The van der Waals surface area contributed by atoms with E-state index in [4.69, 9.17) is 5.10 Å². The summed E-state index contributed by atoms with van der Waals surface area (Å²) in [5, 5.41) is 7.39. The maximum atomic E-state index is 12.4. The Morgan fingerprint density at radius 2 is 1.83 bits per heavy atom. The van der Waals surface area contributed by atoms with Crippen molar-refractivity contribution in [3.63, 3.8) is 0 Å². The number of nitrogens with zero attached hydrogens (tertiary/aromatic N) is 4. The minimum absolute atomic E-state index is 0.0529. The average Bonchev–Trinajstić information content (AvgIpc) is 3.16. The fourth-order valence-corrected chi connectivity index (χ4v) is 4.25. The number of rotatable bonds is 3. The number of amides is 1. The van der Waals surface area contributed by atoms with E-state index in [1.807, 2.05) is 30.0 Å². The summed E-state index contributed by atoms with van der Waals surface area (Å²) in [5.74, 6) is -0.0529. The normalized spacial score (nSPS) is 15.8. The lowest BCUT2D eigenvalue weighted by molar-refractivity contribution is -0.129. The lowest BCUT2D eigenvalue weighted by Gasteiger charge is -2.33. The average molecular weight is 394 g/mol. The van der Waals surface area contributed by atoms with E-state index in [1.165, 1.54) is 16.8 Å². The van der Waals surface area contributed by atoms with Gasteiger partial charge in [-0.2, -0.15) is 5.10 Å². The van der Waals surface area contributed by atoms with Gasteiger partial charge in [0.1, 0.15) is 5.69 Å². The molecule has 148 valence electrons. The second-order valence-corrected chi connectivity index (χ2v) is 7.67. The van der Waals surface area contributed by atoms with Gasteiger partial charge in [0.25, 0.3) is 0 Å². The monoisotopic (exact) mass is 394 g/mol. The van der Waals surface area contributed by atoms with Crippen molar-refractivity contribution >= 4 is 16.7 Å². The summed E-state index contributed by atoms with van der Waals surface area (Å²) in [5.41, 5.74) is 5.15. The highest BCUT2D eigenvalue weighted by atomic mass is 16.2. The zero-order valence-electron chi connectivity index (χ0n) is 16.8. The van der Waals surface area contributed by atoms with Crippen LogP contribution >= 0.6 is 0 Å². The van der Waals surface area contributed by atoms with Gasteiger partial charge in [-0.15, -0.1) is 0 Å². The predicted octanol–water partition coefficient (Wildman–Crippen LogP) is 4.68. The van der Waals surface area contributed by atoms with Gasteiger partial charge in [0, 0.05) is 29.6 Å². The molecule has 0 N–H and O–H groups in total. The molecule has 1 atom stereocenters. The molecule has 0 saturated heterocycles. The number of carbonyl (C=O) groups is 1. The fraction of sp³-hybridized carbons (Fsp3) is 0.160. The molecule has 5 rings (SSSR count). The van der Waals surface area contributed by atoms with Crippen LogP contribution in [0.25, 0.3) is 33.2 Å². The molecule has 30 heavy (non-hydrogen) atoms. The lowest BCUT2D eigenvalue weighted by atomic mass is 9.97. The summed E-state index contributed by atoms with van der Waals surface area (Å²) >= 11 is 0. The molecule has 1 aliphatic heterocycles. The second-order valence-electron chi connectivity index (χ2n) is 7.67. The Morgan fingerprint density at radius 3 is 2.60 bits per heavy atom. The van der Waals surface area contributed by atoms with E-state index in [-0.39, 0.29) is 11.9 Å². The van der Waals surface area contributed by atoms with Crippen LogP contribution in [-0.4, -0.2) is 31.6 Å². The number of hydrogen-bond acceptors (Lipinski definition) is 3. The van der Waals surface area contributed by atoms with Crippen LogP contribution in [0.15, 0.2) is 79.6 Å². The van der Waals surface area contributed by atoms with Crippen molar-refractivity contribution in [3.8, 4) is 22.4 Å². The zero-order chi connectivity index (χ0) is 20.7. The molecule has 1 aliphatic rings. The first-order valence-corrected chi connectivity index (χ1v) is 10.1. The van der Waals surface area contributed by atoms with Gasteiger partial charge in [-0.1, -0.05) is 43.0 Å². The summed E-state index contributed by atoms with van der Waals surface area (Å²) in [6.07, 6.45) is 4.97. The third-order valence-electron chi connectivity index (χ3n) is 5.80. The number of hydrogen-bond donors (Lipinski definition) is 0. The number of aromatic nitrogens is 3. The summed E-state index contributed by atoms with van der Waals surface area (Å²) < 4.78 is 2.05. The van der Waals surface area contributed by atoms with Crippen LogP contribution in [0.4, 0.5) is 0 Å². The van der Waals surface area contributed by atoms with Gasteiger partial charge in [-0.25, -0.2) is 0 Å². The van der Waals surface area contributed by atoms with Crippen LogP contribution in [-0.2, 0) is 17.9 Å². The van der Waals surface area contributed by atoms with Crippen molar-refractivity contribution < 1.29 is 4.79 Å². The van der Waals surface area contributed by atoms with Crippen LogP contribution in [0.1, 0.15) is 12.6 Å². The van der Waals surface area contributed by atoms with Gasteiger partial charge >= 0.3 is 0 Å². The number of benzene rings is 2. The minimum Gasteiger partial charge on any atom is -0.329 e. The first-order valence-electron chi connectivity index (χ1n) is 10.1. The molecule has 0 unspecified atom stereocenters. The SMILES string of the molecule is C=CC(=O)N1Cc2c(-c3ccncc3)c(-c3ccc4ccccc4c3)nn2C[C@H]1C. The minimum atomic E-state index is -0.0529. The molecule has 2 aromatic heterocycles. The predicted molar refractivity (Wildman–Crippen MR) is 119 cm³/mol. The van der Waals surface area contributed by atoms with E-state index in [0.29, 0.717) is 13.1 Å². The first-order chi connectivity index (χ1) is 14.7. The van der Waals surface area contributed by atoms with E-state index in [0.717, 1.165) is 28.1 Å². The van der Waals surface area contributed by atoms with Crippen molar-refractivity contribution in [2.75, 3.05) is 0 Å². The van der Waals surface area contributed by atoms with Gasteiger partial charge in [0.15, 0.2) is 0 Å². The summed E-state index contributed by atoms with van der Waals surface area (Å²) in [4.78, 5) is 18.5. The Hall–Kier alpha value is -3.73. The van der Waals surface area contributed by atoms with Crippen LogP contribution < -0.4 is 0 Å². The Balaban J connectivity index is 1.72. The smallest absolute Gasteiger partial charge is 0.246 e. The quantitative estimate of drug-likeness (QED) is 0.474. The molecule has 0 bridgehead atoms. The molecular weight excluding hydrogens is 372 g/mol. The molecule has 0 radical (unpaired) electrons. The van der Waals surface area contributed by atoms with Gasteiger partial charge in [-0.05, 0) is 47.5 Å². The van der Waals surface area contributed by atoms with Crippen molar-refractivity contribution in [2.45, 2.75) is 26.1 Å². The van der Waals surface area contributed by atoms with Gasteiger partial charge in [0.2, 0.25) is 5.91 Å². The van der Waals surface area contributed by atoms with E-state index < -0.39 is 0 Å². The maximum Gasteiger partial charge on any atom is 0.246 e. The van der Waals surface area contributed by atoms with Gasteiger partial charge in [0.05, 0.1) is 18.8 Å². The van der Waals surface area contributed by atoms with Gasteiger partial charge in [-0.3, -0.25) is 14.5 Å². The standard InChI is InChI=1S/C25H22N4O/c1-3-23(30)28-16-22-24(19-10-12-26-13-11-19)25(27-29(22)15-17(28)2)21-9-8-18-6-4-5-7-20(18)14-21/h3-14,17H,1,15-16H2,2H3/t17-/m1/s1. The molecule has 1 amide bonds. The zero-order valence-corrected chi connectivity index (χ0v) is 16.8. The maximum absolute atomic E-state index is 12.4. The Morgan fingerprint density at radius 1 is 1.07 bits per heavy atom. The van der Waals surface area contributed by atoms with Crippen LogP contribution in [0.5, 0.6) is 0 Å². The van der Waals surface area contributed by atoms with Crippen molar-refractivity contribution in [3.05, 3.63) is 85.3 Å². The molecule has 0 aliphatic carbocycles. The number of pyridine rings is 1. The topological polar surface area (TPSA) is 51.0 Å². The van der Waals surface area contributed by atoms with E-state index in [9.17, 15) is 4.79 Å². The first kappa shape index (κ1) is 18.3. The molecule has 5 heteroatoms. The van der Waals surface area contributed by atoms with Crippen LogP contribution in [0.3, 0.4) is 0 Å². The van der Waals surface area contributed by atoms with Crippen LogP contribution in [0.2, 0.25) is 0 Å². The molecule has 2 aromatic carbocycles. The largest absolute Gasteiger partial charge is 0.329 e. The number of carbonyl (C=O) groups excluding carboxylic acids is 1.